The Hall–Kier alpha value is -1.45. The van der Waals surface area contributed by atoms with Crippen LogP contribution in [0.3, 0.4) is 0 Å². The molecule has 0 bridgehead atoms. The lowest BCUT2D eigenvalue weighted by Crippen LogP contribution is -2.58. The van der Waals surface area contributed by atoms with Crippen LogP contribution in [0, 0.1) is 28.6 Å². The number of allylic oxidation sites excluding steroid dienone is 1. The second-order valence-electron chi connectivity index (χ2n) is 11.6. The molecule has 0 unspecified atom stereocenters. The number of esters is 1. The zero-order valence-corrected chi connectivity index (χ0v) is 20.6. The Labute approximate surface area is 193 Å². The van der Waals surface area contributed by atoms with Crippen LogP contribution in [0.15, 0.2) is 11.6 Å². The van der Waals surface area contributed by atoms with Gasteiger partial charge in [-0.05, 0) is 87.5 Å². The molecular weight excluding hydrogens is 400 g/mol. The zero-order valence-electron chi connectivity index (χ0n) is 20.6. The standard InChI is InChI=1S/C28H42O4/c1-5-6-7-8-9-25(31)32-28(19(2)29)17-14-24-22-11-10-20-18-21(30)12-15-26(20,3)23(22)13-16-27(24,28)4/h18,22-24H,5-17H2,1-4H3/t22-,23+,24+,26+,27+,28+/m0/s1. The summed E-state index contributed by atoms with van der Waals surface area (Å²) in [7, 11) is 0. The van der Waals surface area contributed by atoms with Gasteiger partial charge in [-0.15, -0.1) is 0 Å². The number of ketones is 2. The first-order valence-corrected chi connectivity index (χ1v) is 13.1. The van der Waals surface area contributed by atoms with E-state index in [0.717, 1.165) is 64.2 Å². The van der Waals surface area contributed by atoms with Crippen LogP contribution in [0.5, 0.6) is 0 Å². The minimum absolute atomic E-state index is 0.0359. The van der Waals surface area contributed by atoms with Crippen LogP contribution >= 0.6 is 0 Å². The van der Waals surface area contributed by atoms with Gasteiger partial charge in [0.2, 0.25) is 0 Å². The molecule has 0 aromatic rings. The number of carbonyl (C=O) groups is 3. The van der Waals surface area contributed by atoms with Gasteiger partial charge in [-0.3, -0.25) is 14.4 Å². The van der Waals surface area contributed by atoms with Crippen LogP contribution in [0.1, 0.15) is 111 Å². The molecule has 4 aliphatic rings. The molecule has 4 aliphatic carbocycles. The lowest BCUT2D eigenvalue weighted by atomic mass is 9.46. The van der Waals surface area contributed by atoms with Crippen molar-refractivity contribution in [3.05, 3.63) is 11.6 Å². The fourth-order valence-corrected chi connectivity index (χ4v) is 8.32. The Kier molecular flexibility index (Phi) is 6.46. The lowest BCUT2D eigenvalue weighted by Gasteiger charge is -2.59. The van der Waals surface area contributed by atoms with E-state index in [1.165, 1.54) is 5.57 Å². The van der Waals surface area contributed by atoms with Gasteiger partial charge in [0.15, 0.2) is 17.2 Å². The summed E-state index contributed by atoms with van der Waals surface area (Å²) in [6.07, 6.45) is 13.9. The highest BCUT2D eigenvalue weighted by Crippen LogP contribution is 2.68. The molecule has 4 rings (SSSR count). The first kappa shape index (κ1) is 23.7. The van der Waals surface area contributed by atoms with Crippen molar-refractivity contribution in [3.63, 3.8) is 0 Å². The summed E-state index contributed by atoms with van der Waals surface area (Å²) in [4.78, 5) is 38.0. The third-order valence-corrected chi connectivity index (χ3v) is 10.2. The van der Waals surface area contributed by atoms with Crippen molar-refractivity contribution in [3.8, 4) is 0 Å². The molecule has 3 saturated carbocycles. The molecule has 0 aromatic carbocycles. The lowest BCUT2D eigenvalue weighted by molar-refractivity contribution is -0.189. The fourth-order valence-electron chi connectivity index (χ4n) is 8.32. The molecule has 3 fully saturated rings. The van der Waals surface area contributed by atoms with Crippen LogP contribution < -0.4 is 0 Å². The molecule has 0 spiro atoms. The van der Waals surface area contributed by atoms with Gasteiger partial charge >= 0.3 is 5.97 Å². The number of ether oxygens (including phenoxy) is 1. The molecule has 4 nitrogen and oxygen atoms in total. The van der Waals surface area contributed by atoms with Gasteiger partial charge in [0, 0.05) is 18.3 Å². The monoisotopic (exact) mass is 442 g/mol. The molecule has 0 amide bonds. The number of Topliss-reactive ketones (excluding diaryl/α,β-unsaturated/α-hetero) is 1. The third kappa shape index (κ3) is 3.60. The van der Waals surface area contributed by atoms with Gasteiger partial charge in [0.25, 0.3) is 0 Å². The summed E-state index contributed by atoms with van der Waals surface area (Å²) in [5, 5.41) is 0. The van der Waals surface area contributed by atoms with Crippen molar-refractivity contribution in [2.24, 2.45) is 28.6 Å². The van der Waals surface area contributed by atoms with Crippen molar-refractivity contribution in [2.45, 2.75) is 117 Å². The summed E-state index contributed by atoms with van der Waals surface area (Å²) >= 11 is 0. The number of rotatable bonds is 7. The van der Waals surface area contributed by atoms with Gasteiger partial charge in [-0.25, -0.2) is 0 Å². The van der Waals surface area contributed by atoms with Crippen molar-refractivity contribution < 1.29 is 19.1 Å². The predicted octanol–water partition coefficient (Wildman–Crippen LogP) is 6.36. The fraction of sp³-hybridized carbons (Fsp3) is 0.821. The topological polar surface area (TPSA) is 60.4 Å². The molecule has 0 radical (unpaired) electrons. The highest BCUT2D eigenvalue weighted by Gasteiger charge is 2.67. The number of hydrogen-bond donors (Lipinski definition) is 0. The van der Waals surface area contributed by atoms with Crippen LogP contribution in [0.25, 0.3) is 0 Å². The Balaban J connectivity index is 1.56. The minimum atomic E-state index is -0.954. The van der Waals surface area contributed by atoms with E-state index in [0.29, 0.717) is 42.8 Å². The maximum atomic E-state index is 13.1. The molecule has 178 valence electrons. The number of fused-ring (bicyclic) bond motifs is 5. The molecule has 0 aromatic heterocycles. The van der Waals surface area contributed by atoms with Gasteiger partial charge in [-0.1, -0.05) is 45.6 Å². The van der Waals surface area contributed by atoms with Crippen LogP contribution in [-0.4, -0.2) is 23.1 Å². The van der Waals surface area contributed by atoms with E-state index < -0.39 is 5.60 Å². The summed E-state index contributed by atoms with van der Waals surface area (Å²) in [6, 6.07) is 0. The second-order valence-corrected chi connectivity index (χ2v) is 11.6. The maximum Gasteiger partial charge on any atom is 0.306 e. The third-order valence-electron chi connectivity index (χ3n) is 10.2. The van der Waals surface area contributed by atoms with E-state index in [9.17, 15) is 14.4 Å². The molecule has 0 aliphatic heterocycles. The van der Waals surface area contributed by atoms with Crippen molar-refractivity contribution in [1.29, 1.82) is 0 Å². The number of hydrogen-bond acceptors (Lipinski definition) is 4. The van der Waals surface area contributed by atoms with E-state index in [4.69, 9.17) is 4.74 Å². The van der Waals surface area contributed by atoms with Crippen molar-refractivity contribution >= 4 is 17.5 Å². The molecule has 6 atom stereocenters. The van der Waals surface area contributed by atoms with E-state index in [2.05, 4.69) is 20.8 Å². The largest absolute Gasteiger partial charge is 0.450 e. The van der Waals surface area contributed by atoms with Gasteiger partial charge in [0.1, 0.15) is 0 Å². The van der Waals surface area contributed by atoms with E-state index >= 15 is 0 Å². The molecule has 0 N–H and O–H groups in total. The quantitative estimate of drug-likeness (QED) is 0.340. The maximum absolute atomic E-state index is 13.1. The summed E-state index contributed by atoms with van der Waals surface area (Å²) in [6.45, 7) is 8.42. The van der Waals surface area contributed by atoms with Crippen LogP contribution in [-0.2, 0) is 19.1 Å². The minimum Gasteiger partial charge on any atom is -0.450 e. The van der Waals surface area contributed by atoms with Crippen molar-refractivity contribution in [1.82, 2.24) is 0 Å². The number of carbonyl (C=O) groups excluding carboxylic acids is 3. The van der Waals surface area contributed by atoms with E-state index in [-0.39, 0.29) is 22.6 Å². The van der Waals surface area contributed by atoms with E-state index in [1.807, 2.05) is 6.08 Å². The van der Waals surface area contributed by atoms with Gasteiger partial charge < -0.3 is 4.74 Å². The van der Waals surface area contributed by atoms with Gasteiger partial charge in [0.05, 0.1) is 0 Å². The smallest absolute Gasteiger partial charge is 0.306 e. The average Bonchev–Trinajstić information content (AvgIpc) is 3.05. The molecule has 0 heterocycles. The zero-order chi connectivity index (χ0) is 23.1. The Morgan fingerprint density at radius 2 is 1.75 bits per heavy atom. The molecular formula is C28H42O4. The van der Waals surface area contributed by atoms with E-state index in [1.54, 1.807) is 6.92 Å². The molecule has 32 heavy (non-hydrogen) atoms. The average molecular weight is 443 g/mol. The molecule has 0 saturated heterocycles. The molecule has 4 heteroatoms. The first-order chi connectivity index (χ1) is 15.2. The van der Waals surface area contributed by atoms with Crippen molar-refractivity contribution in [2.75, 3.05) is 0 Å². The number of unbranched alkanes of at least 4 members (excludes halogenated alkanes) is 3. The highest BCUT2D eigenvalue weighted by atomic mass is 16.6. The summed E-state index contributed by atoms with van der Waals surface area (Å²) < 4.78 is 6.19. The highest BCUT2D eigenvalue weighted by molar-refractivity contribution is 5.91. The van der Waals surface area contributed by atoms with Crippen LogP contribution in [0.2, 0.25) is 0 Å². The summed E-state index contributed by atoms with van der Waals surface area (Å²) in [5.74, 6) is 1.67. The summed E-state index contributed by atoms with van der Waals surface area (Å²) in [5.41, 5.74) is 0.258. The first-order valence-electron chi connectivity index (χ1n) is 13.1. The Morgan fingerprint density at radius 3 is 2.47 bits per heavy atom. The Morgan fingerprint density at radius 1 is 1.00 bits per heavy atom. The Bertz CT molecular complexity index is 812. The SMILES string of the molecule is CCCCCCC(=O)O[C@@]1(C(C)=O)CC[C@@H]2[C@H]3CCC4=CC(=O)CC[C@@]4(C)[C@@H]3CC[C@]21C. The normalized spacial score (nSPS) is 40.7. The van der Waals surface area contributed by atoms with Gasteiger partial charge in [-0.2, -0.15) is 0 Å². The van der Waals surface area contributed by atoms with Crippen LogP contribution in [0.4, 0.5) is 0 Å². The predicted molar refractivity (Wildman–Crippen MR) is 125 cm³/mol. The second kappa shape index (κ2) is 8.72.